The maximum atomic E-state index is 12.5. The van der Waals surface area contributed by atoms with Crippen LogP contribution in [0.15, 0.2) is 35.2 Å². The number of ether oxygens (including phenoxy) is 1. The number of esters is 1. The van der Waals surface area contributed by atoms with Gasteiger partial charge in [0, 0.05) is 19.7 Å². The second-order valence-corrected chi connectivity index (χ2v) is 8.61. The van der Waals surface area contributed by atoms with Crippen LogP contribution < -0.4 is 5.32 Å². The highest BCUT2D eigenvalue weighted by Gasteiger charge is 2.20. The van der Waals surface area contributed by atoms with E-state index in [9.17, 15) is 18.0 Å². The second kappa shape index (κ2) is 7.34. The van der Waals surface area contributed by atoms with Crippen molar-refractivity contribution >= 4 is 38.2 Å². The van der Waals surface area contributed by atoms with Gasteiger partial charge in [-0.15, -0.1) is 11.3 Å². The molecule has 1 aromatic heterocycles. The van der Waals surface area contributed by atoms with E-state index in [2.05, 4.69) is 10.1 Å². The van der Waals surface area contributed by atoms with Gasteiger partial charge in [0.1, 0.15) is 4.88 Å². The maximum absolute atomic E-state index is 12.5. The molecule has 9 heteroatoms. The molecule has 0 fully saturated rings. The Kier molecular flexibility index (Phi) is 5.61. The van der Waals surface area contributed by atoms with E-state index in [0.29, 0.717) is 15.4 Å². The van der Waals surface area contributed by atoms with Crippen LogP contribution in [0.3, 0.4) is 0 Å². The van der Waals surface area contributed by atoms with Crippen LogP contribution in [0.1, 0.15) is 25.6 Å². The summed E-state index contributed by atoms with van der Waals surface area (Å²) >= 11 is 1.08. The third-order valence-corrected chi connectivity index (χ3v) is 6.25. The minimum atomic E-state index is -3.64. The summed E-state index contributed by atoms with van der Waals surface area (Å²) in [7, 11) is 0.491. The van der Waals surface area contributed by atoms with Crippen LogP contribution in [-0.4, -0.2) is 45.8 Å². The van der Waals surface area contributed by atoms with Gasteiger partial charge in [0.25, 0.3) is 5.91 Å². The van der Waals surface area contributed by atoms with Crippen LogP contribution >= 0.6 is 11.3 Å². The van der Waals surface area contributed by atoms with Gasteiger partial charge in [-0.3, -0.25) is 4.79 Å². The zero-order chi connectivity index (χ0) is 18.8. The number of sulfonamides is 1. The molecule has 134 valence electrons. The number of carbonyl (C=O) groups is 2. The highest BCUT2D eigenvalue weighted by Crippen LogP contribution is 2.24. The summed E-state index contributed by atoms with van der Waals surface area (Å²) in [5.74, 6) is -0.938. The van der Waals surface area contributed by atoms with E-state index >= 15 is 0 Å². The molecule has 0 bridgehead atoms. The number of methoxy groups -OCH3 is 1. The number of benzene rings is 1. The van der Waals surface area contributed by atoms with E-state index in [1.165, 1.54) is 33.3 Å². The minimum absolute atomic E-state index is 0.0367. The van der Waals surface area contributed by atoms with E-state index < -0.39 is 21.9 Å². The number of aryl methyl sites for hydroxylation is 1. The summed E-state index contributed by atoms with van der Waals surface area (Å²) < 4.78 is 30.2. The number of nitrogens with zero attached hydrogens (tertiary/aromatic N) is 1. The number of thiophene rings is 1. The van der Waals surface area contributed by atoms with Crippen molar-refractivity contribution in [1.29, 1.82) is 0 Å². The first-order valence-corrected chi connectivity index (χ1v) is 9.45. The highest BCUT2D eigenvalue weighted by molar-refractivity contribution is 7.89. The van der Waals surface area contributed by atoms with Crippen LogP contribution in [0, 0.1) is 6.92 Å². The molecule has 25 heavy (non-hydrogen) atoms. The molecule has 0 aliphatic rings. The minimum Gasteiger partial charge on any atom is -0.465 e. The van der Waals surface area contributed by atoms with Gasteiger partial charge in [-0.2, -0.15) is 0 Å². The monoisotopic (exact) mass is 382 g/mol. The average molecular weight is 382 g/mol. The van der Waals surface area contributed by atoms with Gasteiger partial charge in [0.05, 0.1) is 17.0 Å². The molecule has 0 saturated carbocycles. The first-order valence-electron chi connectivity index (χ1n) is 7.19. The molecular weight excluding hydrogens is 364 g/mol. The summed E-state index contributed by atoms with van der Waals surface area (Å²) in [6.07, 6.45) is 0. The number of anilines is 1. The fraction of sp³-hybridized carbons (Fsp3) is 0.250. The molecule has 2 aromatic rings. The number of hydrogen-bond donors (Lipinski definition) is 1. The Morgan fingerprint density at radius 3 is 2.44 bits per heavy atom. The van der Waals surface area contributed by atoms with Gasteiger partial charge in [0.15, 0.2) is 0 Å². The van der Waals surface area contributed by atoms with Gasteiger partial charge >= 0.3 is 5.97 Å². The largest absolute Gasteiger partial charge is 0.465 e. The van der Waals surface area contributed by atoms with E-state index in [4.69, 9.17) is 0 Å². The average Bonchev–Trinajstić information content (AvgIpc) is 3.02. The molecule has 0 unspecified atom stereocenters. The number of rotatable bonds is 5. The van der Waals surface area contributed by atoms with Crippen molar-refractivity contribution in [1.82, 2.24) is 4.31 Å². The number of carbonyl (C=O) groups excluding carboxylic acids is 2. The van der Waals surface area contributed by atoms with Gasteiger partial charge in [0.2, 0.25) is 10.0 Å². The Balaban J connectivity index is 2.30. The molecule has 7 nitrogen and oxygen atoms in total. The number of nitrogens with one attached hydrogen (secondary N) is 1. The highest BCUT2D eigenvalue weighted by atomic mass is 32.2. The molecule has 1 heterocycles. The van der Waals surface area contributed by atoms with Crippen LogP contribution in [-0.2, 0) is 14.8 Å². The molecule has 1 amide bonds. The smallest absolute Gasteiger partial charge is 0.348 e. The third-order valence-electron chi connectivity index (χ3n) is 3.46. The number of hydrogen-bond acceptors (Lipinski definition) is 6. The molecule has 0 atom stereocenters. The predicted molar refractivity (Wildman–Crippen MR) is 95.7 cm³/mol. The van der Waals surface area contributed by atoms with Crippen molar-refractivity contribution in [3.8, 4) is 0 Å². The fourth-order valence-corrected chi connectivity index (χ4v) is 3.76. The van der Waals surface area contributed by atoms with Crippen molar-refractivity contribution in [2.24, 2.45) is 0 Å². The lowest BCUT2D eigenvalue weighted by atomic mass is 10.1. The molecule has 0 saturated heterocycles. The van der Waals surface area contributed by atoms with Crippen LogP contribution in [0.4, 0.5) is 5.00 Å². The first kappa shape index (κ1) is 19.1. The molecule has 2 rings (SSSR count). The SMILES string of the molecule is COC(=O)c1ccc(NC(=O)c2cc(S(=O)(=O)N(C)C)ccc2C)s1. The van der Waals surface area contributed by atoms with Gasteiger partial charge in [-0.25, -0.2) is 17.5 Å². The Labute approximate surface area is 150 Å². The predicted octanol–water partition coefficient (Wildman–Crippen LogP) is 2.35. The van der Waals surface area contributed by atoms with E-state index in [1.54, 1.807) is 25.1 Å². The first-order chi connectivity index (χ1) is 11.7. The van der Waals surface area contributed by atoms with E-state index in [-0.39, 0.29) is 10.5 Å². The second-order valence-electron chi connectivity index (χ2n) is 5.37. The van der Waals surface area contributed by atoms with Crippen LogP contribution in [0.2, 0.25) is 0 Å². The van der Waals surface area contributed by atoms with E-state index in [1.807, 2.05) is 0 Å². The topological polar surface area (TPSA) is 92.8 Å². The Bertz CT molecular complexity index is 916. The van der Waals surface area contributed by atoms with E-state index in [0.717, 1.165) is 15.6 Å². The molecule has 1 N–H and O–H groups in total. The van der Waals surface area contributed by atoms with Crippen molar-refractivity contribution in [3.63, 3.8) is 0 Å². The molecular formula is C16H18N2O5S2. The Hall–Kier alpha value is -2.23. The quantitative estimate of drug-likeness (QED) is 0.801. The fourth-order valence-electron chi connectivity index (χ4n) is 2.01. The van der Waals surface area contributed by atoms with Gasteiger partial charge < -0.3 is 10.1 Å². The Morgan fingerprint density at radius 1 is 1.16 bits per heavy atom. The van der Waals surface area contributed by atoms with Gasteiger partial charge in [-0.05, 0) is 36.8 Å². The maximum Gasteiger partial charge on any atom is 0.348 e. The lowest BCUT2D eigenvalue weighted by molar-refractivity contribution is 0.0606. The molecule has 0 spiro atoms. The summed E-state index contributed by atoms with van der Waals surface area (Å²) in [6, 6.07) is 7.52. The Morgan fingerprint density at radius 2 is 1.84 bits per heavy atom. The zero-order valence-electron chi connectivity index (χ0n) is 14.2. The van der Waals surface area contributed by atoms with Crippen LogP contribution in [0.25, 0.3) is 0 Å². The lowest BCUT2D eigenvalue weighted by Crippen LogP contribution is -2.23. The normalized spacial score (nSPS) is 11.4. The third kappa shape index (κ3) is 4.06. The molecule has 0 aliphatic carbocycles. The standard InChI is InChI=1S/C16H18N2O5S2/c1-10-5-6-11(25(21,22)18(2)3)9-12(10)15(19)17-14-8-7-13(24-14)16(20)23-4/h5-9H,1-4H3,(H,17,19). The van der Waals surface area contributed by atoms with Gasteiger partial charge in [-0.1, -0.05) is 6.07 Å². The number of amides is 1. The molecule has 0 radical (unpaired) electrons. The molecule has 0 aliphatic heterocycles. The molecule has 1 aromatic carbocycles. The van der Waals surface area contributed by atoms with Crippen molar-refractivity contribution < 1.29 is 22.7 Å². The summed E-state index contributed by atoms with van der Waals surface area (Å²) in [6.45, 7) is 1.72. The van der Waals surface area contributed by atoms with Crippen molar-refractivity contribution in [3.05, 3.63) is 46.3 Å². The van der Waals surface area contributed by atoms with Crippen LogP contribution in [0.5, 0.6) is 0 Å². The summed E-state index contributed by atoms with van der Waals surface area (Å²) in [5, 5.41) is 3.13. The summed E-state index contributed by atoms with van der Waals surface area (Å²) in [5.41, 5.74) is 0.885. The zero-order valence-corrected chi connectivity index (χ0v) is 15.8. The summed E-state index contributed by atoms with van der Waals surface area (Å²) in [4.78, 5) is 24.4. The lowest BCUT2D eigenvalue weighted by Gasteiger charge is -2.13. The van der Waals surface area contributed by atoms with Crippen molar-refractivity contribution in [2.75, 3.05) is 26.5 Å². The van der Waals surface area contributed by atoms with Crippen molar-refractivity contribution in [2.45, 2.75) is 11.8 Å².